The summed E-state index contributed by atoms with van der Waals surface area (Å²) in [4.78, 5) is 12.7. The number of halogens is 4. The molecular formula is C20H22BrF3N4O. The van der Waals surface area contributed by atoms with Gasteiger partial charge in [0.05, 0.1) is 12.1 Å². The van der Waals surface area contributed by atoms with Gasteiger partial charge in [-0.15, -0.1) is 10.2 Å². The molecule has 9 heteroatoms. The fraction of sp³-hybridized carbons (Fsp3) is 0.650. The molecule has 4 aliphatic carbocycles. The zero-order chi connectivity index (χ0) is 20.4. The quantitative estimate of drug-likeness (QED) is 0.669. The molecule has 5 nitrogen and oxygen atoms in total. The Morgan fingerprint density at radius 2 is 1.93 bits per heavy atom. The van der Waals surface area contributed by atoms with Gasteiger partial charge in [-0.05, 0) is 67.9 Å². The van der Waals surface area contributed by atoms with Crippen LogP contribution in [-0.4, -0.2) is 24.8 Å². The Labute approximate surface area is 174 Å². The third kappa shape index (κ3) is 3.55. The molecule has 2 atom stereocenters. The summed E-state index contributed by atoms with van der Waals surface area (Å²) in [5.74, 6) is 1.63. The zero-order valence-electron chi connectivity index (χ0n) is 15.8. The van der Waals surface area contributed by atoms with Crippen LogP contribution in [0.4, 0.5) is 13.2 Å². The summed E-state index contributed by atoms with van der Waals surface area (Å²) in [5, 5.41) is 10.7. The molecule has 29 heavy (non-hydrogen) atoms. The average Bonchev–Trinajstić information content (AvgIpc) is 2.99. The van der Waals surface area contributed by atoms with E-state index < -0.39 is 11.7 Å². The van der Waals surface area contributed by atoms with Crippen LogP contribution in [0.15, 0.2) is 18.3 Å². The Hall–Kier alpha value is -1.64. The smallest absolute Gasteiger partial charge is 0.349 e. The molecule has 4 bridgehead atoms. The van der Waals surface area contributed by atoms with Gasteiger partial charge >= 0.3 is 6.18 Å². The van der Waals surface area contributed by atoms with Crippen molar-refractivity contribution in [3.63, 3.8) is 0 Å². The van der Waals surface area contributed by atoms with Gasteiger partial charge in [0.1, 0.15) is 0 Å². The second kappa shape index (κ2) is 6.43. The van der Waals surface area contributed by atoms with E-state index in [1.807, 2.05) is 0 Å². The van der Waals surface area contributed by atoms with E-state index in [0.29, 0.717) is 29.7 Å². The highest BCUT2D eigenvalue weighted by molar-refractivity contribution is 9.10. The largest absolute Gasteiger partial charge is 0.417 e. The predicted molar refractivity (Wildman–Crippen MR) is 103 cm³/mol. The SMILES string of the molecule is O=C(CC12CC3CC(CC(Br)(C3)C1)C2)NCc1nnc2ccc(C(F)(F)F)cn12. The number of hydrogen-bond acceptors (Lipinski definition) is 3. The van der Waals surface area contributed by atoms with Crippen LogP contribution in [0.1, 0.15) is 56.3 Å². The van der Waals surface area contributed by atoms with Crippen molar-refractivity contribution in [2.24, 2.45) is 17.3 Å². The number of carbonyl (C=O) groups excluding carboxylic acids is 1. The lowest BCUT2D eigenvalue weighted by atomic mass is 9.48. The van der Waals surface area contributed by atoms with Crippen LogP contribution in [0, 0.1) is 17.3 Å². The number of fused-ring (bicyclic) bond motifs is 1. The molecule has 2 aromatic heterocycles. The first-order chi connectivity index (χ1) is 13.6. The van der Waals surface area contributed by atoms with Gasteiger partial charge in [-0.3, -0.25) is 9.20 Å². The van der Waals surface area contributed by atoms with Gasteiger partial charge < -0.3 is 5.32 Å². The molecule has 1 amide bonds. The predicted octanol–water partition coefficient (Wildman–Crippen LogP) is 4.49. The number of amides is 1. The molecule has 4 aliphatic rings. The van der Waals surface area contributed by atoms with Crippen molar-refractivity contribution in [1.29, 1.82) is 0 Å². The first-order valence-corrected chi connectivity index (χ1v) is 10.8. The van der Waals surface area contributed by atoms with Crippen LogP contribution < -0.4 is 5.32 Å². The highest BCUT2D eigenvalue weighted by atomic mass is 79.9. The minimum Gasteiger partial charge on any atom is -0.349 e. The van der Waals surface area contributed by atoms with E-state index in [2.05, 4.69) is 31.4 Å². The number of rotatable bonds is 4. The molecule has 4 saturated carbocycles. The lowest BCUT2D eigenvalue weighted by molar-refractivity contribution is -0.138. The lowest BCUT2D eigenvalue weighted by Crippen LogP contribution is -2.54. The Morgan fingerprint density at radius 3 is 2.59 bits per heavy atom. The van der Waals surface area contributed by atoms with Crippen molar-refractivity contribution in [2.45, 2.75) is 62.0 Å². The maximum Gasteiger partial charge on any atom is 0.417 e. The number of nitrogens with zero attached hydrogens (tertiary/aromatic N) is 3. The van der Waals surface area contributed by atoms with E-state index in [1.165, 1.54) is 29.7 Å². The van der Waals surface area contributed by atoms with Crippen molar-refractivity contribution in [3.05, 3.63) is 29.7 Å². The van der Waals surface area contributed by atoms with Crippen LogP contribution >= 0.6 is 15.9 Å². The fourth-order valence-electron chi connectivity index (χ4n) is 6.35. The topological polar surface area (TPSA) is 59.3 Å². The number of pyridine rings is 1. The minimum atomic E-state index is -4.44. The highest BCUT2D eigenvalue weighted by Gasteiger charge is 2.57. The van der Waals surface area contributed by atoms with E-state index in [9.17, 15) is 18.0 Å². The van der Waals surface area contributed by atoms with Crippen molar-refractivity contribution < 1.29 is 18.0 Å². The van der Waals surface area contributed by atoms with Crippen LogP contribution in [-0.2, 0) is 17.5 Å². The maximum atomic E-state index is 13.0. The fourth-order valence-corrected chi connectivity index (χ4v) is 7.86. The standard InChI is InChI=1S/C20H22BrF3N4O/c21-19-6-12-3-13(7-19)5-18(4-12,11-19)8-17(29)25-9-16-27-26-15-2-1-14(10-28(15)16)20(22,23)24/h1-2,10,12-13H,3-9,11H2,(H,25,29). The lowest BCUT2D eigenvalue weighted by Gasteiger charge is -2.60. The number of carbonyl (C=O) groups is 1. The van der Waals surface area contributed by atoms with E-state index in [0.717, 1.165) is 31.5 Å². The second-order valence-corrected chi connectivity index (χ2v) is 11.0. The summed E-state index contributed by atoms with van der Waals surface area (Å²) in [6.45, 7) is 0.0592. The Morgan fingerprint density at radius 1 is 1.21 bits per heavy atom. The van der Waals surface area contributed by atoms with Gasteiger partial charge in [0.2, 0.25) is 5.91 Å². The van der Waals surface area contributed by atoms with Gasteiger partial charge in [0.15, 0.2) is 11.5 Å². The zero-order valence-corrected chi connectivity index (χ0v) is 17.4. The van der Waals surface area contributed by atoms with Crippen molar-refractivity contribution >= 4 is 27.5 Å². The number of aromatic nitrogens is 3. The normalized spacial score (nSPS) is 33.4. The van der Waals surface area contributed by atoms with Gasteiger partial charge in [0.25, 0.3) is 0 Å². The number of alkyl halides is 4. The molecule has 2 heterocycles. The molecule has 0 aliphatic heterocycles. The molecular weight excluding hydrogens is 449 g/mol. The molecule has 0 saturated heterocycles. The van der Waals surface area contributed by atoms with Crippen LogP contribution in [0.25, 0.3) is 5.65 Å². The van der Waals surface area contributed by atoms with Crippen LogP contribution in [0.3, 0.4) is 0 Å². The molecule has 0 aromatic carbocycles. The highest BCUT2D eigenvalue weighted by Crippen LogP contribution is 2.65. The molecule has 0 radical (unpaired) electrons. The van der Waals surface area contributed by atoms with E-state index in [4.69, 9.17) is 0 Å². The summed E-state index contributed by atoms with van der Waals surface area (Å²) in [7, 11) is 0. The van der Waals surface area contributed by atoms with E-state index in [1.54, 1.807) is 0 Å². The molecule has 6 rings (SSSR count). The third-order valence-corrected chi connectivity index (χ3v) is 7.82. The second-order valence-electron chi connectivity index (χ2n) is 9.33. The maximum absolute atomic E-state index is 13.0. The summed E-state index contributed by atoms with van der Waals surface area (Å²) < 4.78 is 40.4. The monoisotopic (exact) mass is 470 g/mol. The first kappa shape index (κ1) is 19.3. The van der Waals surface area contributed by atoms with Crippen LogP contribution in [0.5, 0.6) is 0 Å². The van der Waals surface area contributed by atoms with Gasteiger partial charge in [-0.1, -0.05) is 15.9 Å². The summed E-state index contributed by atoms with van der Waals surface area (Å²) >= 11 is 3.96. The van der Waals surface area contributed by atoms with E-state index in [-0.39, 0.29) is 22.2 Å². The molecule has 2 unspecified atom stereocenters. The van der Waals surface area contributed by atoms with Crippen molar-refractivity contribution in [1.82, 2.24) is 19.9 Å². The summed E-state index contributed by atoms with van der Waals surface area (Å²) in [5.41, 5.74) is -0.397. The van der Waals surface area contributed by atoms with Crippen LogP contribution in [0.2, 0.25) is 0 Å². The molecule has 4 fully saturated rings. The summed E-state index contributed by atoms with van der Waals surface area (Å²) in [6, 6.07) is 2.27. The Balaban J connectivity index is 1.28. The Bertz CT molecular complexity index is 958. The number of hydrogen-bond donors (Lipinski definition) is 1. The van der Waals surface area contributed by atoms with E-state index >= 15 is 0 Å². The summed E-state index contributed by atoms with van der Waals surface area (Å²) in [6.07, 6.45) is 3.94. The Kier molecular flexibility index (Phi) is 4.28. The van der Waals surface area contributed by atoms with Gasteiger partial charge in [-0.25, -0.2) is 0 Å². The molecule has 156 valence electrons. The minimum absolute atomic E-state index is 0.0496. The molecule has 0 spiro atoms. The molecule has 2 aromatic rings. The first-order valence-electron chi connectivity index (χ1n) is 10.00. The van der Waals surface area contributed by atoms with Gasteiger partial charge in [0, 0.05) is 16.9 Å². The van der Waals surface area contributed by atoms with Gasteiger partial charge in [-0.2, -0.15) is 13.2 Å². The number of nitrogens with one attached hydrogen (secondary N) is 1. The molecule has 1 N–H and O–H groups in total. The average molecular weight is 471 g/mol. The van der Waals surface area contributed by atoms with Crippen molar-refractivity contribution in [2.75, 3.05) is 0 Å². The third-order valence-electron chi connectivity index (χ3n) is 6.89. The van der Waals surface area contributed by atoms with Crippen molar-refractivity contribution in [3.8, 4) is 0 Å².